The van der Waals surface area contributed by atoms with Gasteiger partial charge < -0.3 is 14.8 Å². The molecule has 2 aromatic rings. The maximum Gasteiger partial charge on any atom is 0.416 e. The second kappa shape index (κ2) is 8.43. The Hall–Kier alpha value is -2.54. The van der Waals surface area contributed by atoms with Crippen molar-refractivity contribution >= 4 is 5.97 Å². The first-order valence-corrected chi connectivity index (χ1v) is 8.33. The molecule has 1 atom stereocenters. The number of carbonyl (C=O) groups is 1. The van der Waals surface area contributed by atoms with Crippen LogP contribution in [-0.4, -0.2) is 27.2 Å². The summed E-state index contributed by atoms with van der Waals surface area (Å²) >= 11 is 0. The highest BCUT2D eigenvalue weighted by molar-refractivity contribution is 5.78. The van der Waals surface area contributed by atoms with Gasteiger partial charge in [0.25, 0.3) is 0 Å². The number of nitrogens with one attached hydrogen (secondary N) is 1. The molecule has 2 aromatic carbocycles. The number of hydrogen-bond acceptors (Lipinski definition) is 4. The summed E-state index contributed by atoms with van der Waals surface area (Å²) in [5, 5.41) is 2.98. The zero-order valence-electron chi connectivity index (χ0n) is 15.6. The van der Waals surface area contributed by atoms with E-state index < -0.39 is 17.7 Å². The monoisotopic (exact) mass is 381 g/mol. The van der Waals surface area contributed by atoms with Crippen LogP contribution in [0.2, 0.25) is 0 Å². The van der Waals surface area contributed by atoms with Gasteiger partial charge in [-0.25, -0.2) is 0 Å². The second-order valence-corrected chi connectivity index (χ2v) is 6.10. The molecule has 0 fully saturated rings. The molecule has 0 aromatic heterocycles. The summed E-state index contributed by atoms with van der Waals surface area (Å²) in [6, 6.07) is 8.46. The molecule has 0 spiro atoms. The first-order chi connectivity index (χ1) is 12.7. The van der Waals surface area contributed by atoms with Gasteiger partial charge in [-0.3, -0.25) is 4.79 Å². The van der Waals surface area contributed by atoms with E-state index in [1.165, 1.54) is 20.3 Å². The van der Waals surface area contributed by atoms with E-state index in [9.17, 15) is 18.0 Å². The standard InChI is InChI=1S/C20H22F3NO3/c1-12(24-2)16-11-14(20(21,22)23)6-7-15(16)17-9-13(10-19(25)27-4)5-8-18(17)26-3/h5-9,11-12,24H,10H2,1-4H3. The lowest BCUT2D eigenvalue weighted by molar-refractivity contribution is -0.140. The molecule has 146 valence electrons. The average Bonchev–Trinajstić information content (AvgIpc) is 2.65. The molecule has 2 rings (SSSR count). The van der Waals surface area contributed by atoms with Crippen LogP contribution in [0.1, 0.15) is 29.7 Å². The molecule has 0 amide bonds. The largest absolute Gasteiger partial charge is 0.496 e. The molecule has 7 heteroatoms. The van der Waals surface area contributed by atoms with Crippen LogP contribution in [0.15, 0.2) is 36.4 Å². The second-order valence-electron chi connectivity index (χ2n) is 6.10. The molecule has 0 bridgehead atoms. The van der Waals surface area contributed by atoms with Crippen molar-refractivity contribution in [2.75, 3.05) is 21.3 Å². The first-order valence-electron chi connectivity index (χ1n) is 8.33. The van der Waals surface area contributed by atoms with Crippen molar-refractivity contribution in [3.63, 3.8) is 0 Å². The fourth-order valence-corrected chi connectivity index (χ4v) is 2.81. The number of hydrogen-bond donors (Lipinski definition) is 1. The number of alkyl halides is 3. The fraction of sp³-hybridized carbons (Fsp3) is 0.350. The summed E-state index contributed by atoms with van der Waals surface area (Å²) in [7, 11) is 4.47. The summed E-state index contributed by atoms with van der Waals surface area (Å²) in [5.41, 5.74) is 1.67. The number of esters is 1. The molecule has 0 aliphatic rings. The summed E-state index contributed by atoms with van der Waals surface area (Å²) in [6.45, 7) is 1.78. The van der Waals surface area contributed by atoms with Gasteiger partial charge >= 0.3 is 12.1 Å². The minimum Gasteiger partial charge on any atom is -0.496 e. The van der Waals surface area contributed by atoms with Crippen molar-refractivity contribution in [1.82, 2.24) is 5.32 Å². The molecule has 0 radical (unpaired) electrons. The highest BCUT2D eigenvalue weighted by Gasteiger charge is 2.31. The molecule has 0 saturated carbocycles. The maximum absolute atomic E-state index is 13.2. The van der Waals surface area contributed by atoms with E-state index in [-0.39, 0.29) is 12.5 Å². The van der Waals surface area contributed by atoms with Crippen LogP contribution in [0.4, 0.5) is 13.2 Å². The van der Waals surface area contributed by atoms with Gasteiger partial charge in [0, 0.05) is 11.6 Å². The molecular formula is C20H22F3NO3. The molecule has 0 saturated heterocycles. The predicted octanol–water partition coefficient (Wildman–Crippen LogP) is 4.38. The van der Waals surface area contributed by atoms with Gasteiger partial charge in [-0.05, 0) is 54.9 Å². The Bertz CT molecular complexity index is 819. The molecule has 1 unspecified atom stereocenters. The van der Waals surface area contributed by atoms with Gasteiger partial charge in [0.05, 0.1) is 26.2 Å². The van der Waals surface area contributed by atoms with Gasteiger partial charge in [0.2, 0.25) is 0 Å². The van der Waals surface area contributed by atoms with Gasteiger partial charge in [-0.2, -0.15) is 13.2 Å². The Kier molecular flexibility index (Phi) is 6.49. The maximum atomic E-state index is 13.2. The summed E-state index contributed by atoms with van der Waals surface area (Å²) in [4.78, 5) is 11.6. The van der Waals surface area contributed by atoms with E-state index in [1.54, 1.807) is 32.2 Å². The summed E-state index contributed by atoms with van der Waals surface area (Å²) in [5.74, 6) is 0.107. The van der Waals surface area contributed by atoms with Gasteiger partial charge in [0.15, 0.2) is 0 Å². The van der Waals surface area contributed by atoms with Crippen molar-refractivity contribution in [3.05, 3.63) is 53.1 Å². The zero-order chi connectivity index (χ0) is 20.2. The quantitative estimate of drug-likeness (QED) is 0.755. The zero-order valence-corrected chi connectivity index (χ0v) is 15.6. The van der Waals surface area contributed by atoms with Crippen molar-refractivity contribution in [3.8, 4) is 16.9 Å². The van der Waals surface area contributed by atoms with Crippen LogP contribution in [0.3, 0.4) is 0 Å². The van der Waals surface area contributed by atoms with E-state index in [4.69, 9.17) is 4.74 Å². The highest BCUT2D eigenvalue weighted by atomic mass is 19.4. The van der Waals surface area contributed by atoms with Gasteiger partial charge in [0.1, 0.15) is 5.75 Å². The Morgan fingerprint density at radius 2 is 1.81 bits per heavy atom. The number of ether oxygens (including phenoxy) is 2. The van der Waals surface area contributed by atoms with Gasteiger partial charge in [-0.1, -0.05) is 12.1 Å². The van der Waals surface area contributed by atoms with Crippen molar-refractivity contribution < 1.29 is 27.4 Å². The molecule has 0 aliphatic carbocycles. The normalized spacial score (nSPS) is 12.6. The minimum absolute atomic E-state index is 0.0606. The third-order valence-electron chi connectivity index (χ3n) is 4.41. The Morgan fingerprint density at radius 1 is 1.11 bits per heavy atom. The molecule has 27 heavy (non-hydrogen) atoms. The fourth-order valence-electron chi connectivity index (χ4n) is 2.81. The van der Waals surface area contributed by atoms with Crippen LogP contribution >= 0.6 is 0 Å². The van der Waals surface area contributed by atoms with Crippen LogP contribution in [-0.2, 0) is 22.1 Å². The number of rotatable bonds is 6. The molecule has 0 aliphatic heterocycles. The predicted molar refractivity (Wildman–Crippen MR) is 96.6 cm³/mol. The lowest BCUT2D eigenvalue weighted by Crippen LogP contribution is -2.15. The van der Waals surface area contributed by atoms with Crippen molar-refractivity contribution in [1.29, 1.82) is 0 Å². The topological polar surface area (TPSA) is 47.6 Å². The van der Waals surface area contributed by atoms with Crippen molar-refractivity contribution in [2.24, 2.45) is 0 Å². The van der Waals surface area contributed by atoms with E-state index in [1.807, 2.05) is 0 Å². The number of benzene rings is 2. The van der Waals surface area contributed by atoms with E-state index >= 15 is 0 Å². The van der Waals surface area contributed by atoms with E-state index in [2.05, 4.69) is 10.1 Å². The minimum atomic E-state index is -4.43. The molecular weight excluding hydrogens is 359 g/mol. The Balaban J connectivity index is 2.64. The van der Waals surface area contributed by atoms with Gasteiger partial charge in [-0.15, -0.1) is 0 Å². The Labute approximate surface area is 156 Å². The van der Waals surface area contributed by atoms with Crippen LogP contribution in [0.25, 0.3) is 11.1 Å². The molecule has 4 nitrogen and oxygen atoms in total. The number of methoxy groups -OCH3 is 2. The lowest BCUT2D eigenvalue weighted by atomic mass is 9.91. The Morgan fingerprint density at radius 3 is 2.37 bits per heavy atom. The third kappa shape index (κ3) is 4.80. The van der Waals surface area contributed by atoms with E-state index in [0.717, 1.165) is 12.1 Å². The van der Waals surface area contributed by atoms with Crippen LogP contribution in [0.5, 0.6) is 5.75 Å². The highest BCUT2D eigenvalue weighted by Crippen LogP contribution is 2.39. The van der Waals surface area contributed by atoms with Crippen LogP contribution in [0, 0.1) is 0 Å². The third-order valence-corrected chi connectivity index (χ3v) is 4.41. The smallest absolute Gasteiger partial charge is 0.416 e. The SMILES string of the molecule is CNC(C)c1cc(C(F)(F)F)ccc1-c1cc(CC(=O)OC)ccc1OC. The van der Waals surface area contributed by atoms with E-state index in [0.29, 0.717) is 28.0 Å². The first kappa shape index (κ1) is 20.8. The summed E-state index contributed by atoms with van der Waals surface area (Å²) in [6.07, 6.45) is -4.37. The molecule has 0 heterocycles. The molecule has 1 N–H and O–H groups in total. The lowest BCUT2D eigenvalue weighted by Gasteiger charge is -2.20. The average molecular weight is 381 g/mol. The summed E-state index contributed by atoms with van der Waals surface area (Å²) < 4.78 is 49.6. The number of halogens is 3. The van der Waals surface area contributed by atoms with Crippen molar-refractivity contribution in [2.45, 2.75) is 25.6 Å². The van der Waals surface area contributed by atoms with Crippen LogP contribution < -0.4 is 10.1 Å². The number of carbonyl (C=O) groups excluding carboxylic acids is 1.